The van der Waals surface area contributed by atoms with Crippen molar-refractivity contribution in [2.75, 3.05) is 14.1 Å². The average Bonchev–Trinajstić information content (AvgIpc) is 2.63. The fourth-order valence-corrected chi connectivity index (χ4v) is 1.79. The van der Waals surface area contributed by atoms with Gasteiger partial charge < -0.3 is 0 Å². The van der Waals surface area contributed by atoms with Crippen LogP contribution in [0.2, 0.25) is 0 Å². The lowest BCUT2D eigenvalue weighted by Gasteiger charge is -2.13. The molecule has 1 unspecified atom stereocenters. The van der Waals surface area contributed by atoms with E-state index in [2.05, 4.69) is 20.0 Å². The van der Waals surface area contributed by atoms with Gasteiger partial charge in [-0.1, -0.05) is 0 Å². The van der Waals surface area contributed by atoms with Gasteiger partial charge in [0, 0.05) is 20.3 Å². The Morgan fingerprint density at radius 2 is 2.13 bits per heavy atom. The summed E-state index contributed by atoms with van der Waals surface area (Å²) in [5.41, 5.74) is 0. The number of hydrogen-bond donors (Lipinski definition) is 0. The highest BCUT2D eigenvalue weighted by Crippen LogP contribution is 2.10. The molecule has 0 radical (unpaired) electrons. The number of amidine groups is 2. The van der Waals surface area contributed by atoms with Crippen molar-refractivity contribution in [1.29, 1.82) is 0 Å². The summed E-state index contributed by atoms with van der Waals surface area (Å²) in [5.74, 6) is 0.366. The molecule has 0 N–H and O–H groups in total. The van der Waals surface area contributed by atoms with E-state index < -0.39 is 10.0 Å². The number of fused-ring (bicyclic) bond motifs is 1. The summed E-state index contributed by atoms with van der Waals surface area (Å²) in [6.45, 7) is 0. The summed E-state index contributed by atoms with van der Waals surface area (Å²) in [4.78, 5) is 15.4. The van der Waals surface area contributed by atoms with Crippen molar-refractivity contribution >= 4 is 33.6 Å². The van der Waals surface area contributed by atoms with Crippen molar-refractivity contribution in [1.82, 2.24) is 4.31 Å². The maximum Gasteiger partial charge on any atom is 0.278 e. The Balaban J connectivity index is 2.39. The second-order valence-corrected chi connectivity index (χ2v) is 5.20. The quantitative estimate of drug-likeness (QED) is 0.582. The maximum absolute atomic E-state index is 11.7. The van der Waals surface area contributed by atoms with Gasteiger partial charge in [-0.05, 0) is 0 Å². The first-order valence-electron chi connectivity index (χ1n) is 4.16. The van der Waals surface area contributed by atoms with Crippen LogP contribution in [-0.2, 0) is 10.0 Å². The maximum atomic E-state index is 11.7. The normalized spacial score (nSPS) is 24.1. The van der Waals surface area contributed by atoms with Crippen LogP contribution in [0.1, 0.15) is 0 Å². The molecule has 0 amide bonds. The van der Waals surface area contributed by atoms with Crippen LogP contribution in [0, 0.1) is 0 Å². The van der Waals surface area contributed by atoms with Crippen molar-refractivity contribution < 1.29 is 8.42 Å². The van der Waals surface area contributed by atoms with Gasteiger partial charge in [-0.2, -0.15) is 4.99 Å². The highest BCUT2D eigenvalue weighted by Gasteiger charge is 2.28. The van der Waals surface area contributed by atoms with E-state index in [4.69, 9.17) is 0 Å². The predicted octanol–water partition coefficient (Wildman–Crippen LogP) is -0.873. The largest absolute Gasteiger partial charge is 0.278 e. The topological polar surface area (TPSA) is 86.8 Å². The summed E-state index contributed by atoms with van der Waals surface area (Å²) in [6.07, 6.45) is 2.77. The Kier molecular flexibility index (Phi) is 2.24. The first kappa shape index (κ1) is 10.1. The van der Waals surface area contributed by atoms with Crippen LogP contribution < -0.4 is 0 Å². The molecule has 0 aromatic carbocycles. The van der Waals surface area contributed by atoms with E-state index in [1.54, 1.807) is 0 Å². The Morgan fingerprint density at radius 1 is 1.40 bits per heavy atom. The predicted molar refractivity (Wildman–Crippen MR) is 58.2 cm³/mol. The minimum absolute atomic E-state index is 0.243. The molecule has 0 bridgehead atoms. The van der Waals surface area contributed by atoms with Crippen LogP contribution >= 0.6 is 0 Å². The molecule has 2 aliphatic rings. The zero-order chi connectivity index (χ0) is 11.1. The molecular weight excluding hydrogens is 218 g/mol. The van der Waals surface area contributed by atoms with E-state index in [1.807, 2.05) is 0 Å². The summed E-state index contributed by atoms with van der Waals surface area (Å²) in [7, 11) is -0.744. The highest BCUT2D eigenvalue weighted by molar-refractivity contribution is 8.04. The van der Waals surface area contributed by atoms with Gasteiger partial charge in [0.25, 0.3) is 15.2 Å². The molecule has 2 rings (SSSR count). The lowest BCUT2D eigenvalue weighted by molar-refractivity contribution is 0.534. The molecule has 2 aliphatic heterocycles. The van der Waals surface area contributed by atoms with E-state index >= 15 is 0 Å². The number of nitrogens with zero attached hydrogens (tertiary/aromatic N) is 5. The second-order valence-electron chi connectivity index (χ2n) is 3.16. The molecule has 0 saturated heterocycles. The van der Waals surface area contributed by atoms with Crippen molar-refractivity contribution in [3.05, 3.63) is 0 Å². The van der Waals surface area contributed by atoms with Crippen molar-refractivity contribution in [3.8, 4) is 0 Å². The number of aliphatic imine (C=N–C) groups is 4. The third-order valence-electron chi connectivity index (χ3n) is 1.93. The zero-order valence-electron chi connectivity index (χ0n) is 8.19. The van der Waals surface area contributed by atoms with Gasteiger partial charge in [0.2, 0.25) is 0 Å². The van der Waals surface area contributed by atoms with Gasteiger partial charge in [0.05, 0.1) is 0 Å². The Labute approximate surface area is 87.0 Å². The van der Waals surface area contributed by atoms with Crippen LogP contribution in [0.3, 0.4) is 0 Å². The number of sulfonamides is 1. The number of rotatable bonds is 1. The monoisotopic (exact) mass is 227 g/mol. The molecule has 0 aliphatic carbocycles. The molecule has 0 fully saturated rings. The third kappa shape index (κ3) is 1.61. The molecule has 0 aromatic heterocycles. The SMILES string of the molecule is CN(C)S(=O)(=O)C1=NC2=NC=NC2C=N1. The smallest absolute Gasteiger partial charge is 0.256 e. The van der Waals surface area contributed by atoms with Gasteiger partial charge >= 0.3 is 0 Å². The summed E-state index contributed by atoms with van der Waals surface area (Å²) in [6, 6.07) is -0.328. The van der Waals surface area contributed by atoms with Gasteiger partial charge in [0.15, 0.2) is 5.84 Å². The Bertz CT molecular complexity index is 499. The minimum Gasteiger partial charge on any atom is -0.256 e. The molecule has 0 aromatic rings. The molecule has 80 valence electrons. The van der Waals surface area contributed by atoms with Gasteiger partial charge in [-0.3, -0.25) is 4.99 Å². The molecule has 7 nitrogen and oxygen atoms in total. The van der Waals surface area contributed by atoms with E-state index in [-0.39, 0.29) is 11.2 Å². The van der Waals surface area contributed by atoms with E-state index in [1.165, 1.54) is 26.6 Å². The van der Waals surface area contributed by atoms with Crippen molar-refractivity contribution in [2.24, 2.45) is 20.0 Å². The second kappa shape index (κ2) is 3.31. The molecule has 1 atom stereocenters. The van der Waals surface area contributed by atoms with E-state index in [0.29, 0.717) is 5.84 Å². The van der Waals surface area contributed by atoms with E-state index in [0.717, 1.165) is 4.31 Å². The molecule has 0 spiro atoms. The van der Waals surface area contributed by atoms with Crippen LogP contribution in [-0.4, -0.2) is 56.4 Å². The summed E-state index contributed by atoms with van der Waals surface area (Å²) in [5, 5.41) is -0.243. The lowest BCUT2D eigenvalue weighted by Crippen LogP contribution is -2.33. The zero-order valence-corrected chi connectivity index (χ0v) is 9.01. The van der Waals surface area contributed by atoms with E-state index in [9.17, 15) is 8.42 Å². The van der Waals surface area contributed by atoms with Crippen molar-refractivity contribution in [3.63, 3.8) is 0 Å². The fraction of sp³-hybridized carbons (Fsp3) is 0.429. The molecular formula is C7H9N5O2S. The van der Waals surface area contributed by atoms with Crippen molar-refractivity contribution in [2.45, 2.75) is 6.04 Å². The first-order valence-corrected chi connectivity index (χ1v) is 5.60. The summed E-state index contributed by atoms with van der Waals surface area (Å²) < 4.78 is 24.4. The standard InChI is InChI=1S/C7H9N5O2S/c1-12(2)15(13,14)7-8-3-5-6(11-7)10-4-9-5/h3-5H,1-2H3. The minimum atomic E-state index is -3.59. The highest BCUT2D eigenvalue weighted by atomic mass is 32.2. The van der Waals surface area contributed by atoms with Gasteiger partial charge in [0.1, 0.15) is 12.4 Å². The van der Waals surface area contributed by atoms with Crippen LogP contribution in [0.4, 0.5) is 0 Å². The van der Waals surface area contributed by atoms with Crippen LogP contribution in [0.15, 0.2) is 20.0 Å². The molecule has 15 heavy (non-hydrogen) atoms. The molecule has 8 heteroatoms. The molecule has 2 heterocycles. The van der Waals surface area contributed by atoms with Crippen LogP contribution in [0.25, 0.3) is 0 Å². The summed E-state index contributed by atoms with van der Waals surface area (Å²) >= 11 is 0. The Hall–Kier alpha value is -1.41. The third-order valence-corrected chi connectivity index (χ3v) is 3.55. The van der Waals surface area contributed by atoms with Gasteiger partial charge in [-0.25, -0.2) is 22.7 Å². The average molecular weight is 227 g/mol. The van der Waals surface area contributed by atoms with Gasteiger partial charge in [-0.15, -0.1) is 0 Å². The first-order chi connectivity index (χ1) is 7.01. The van der Waals surface area contributed by atoms with Crippen LogP contribution in [0.5, 0.6) is 0 Å². The molecule has 0 saturated carbocycles. The Morgan fingerprint density at radius 3 is 2.80 bits per heavy atom. The fourth-order valence-electron chi connectivity index (χ4n) is 1.06. The number of hydrogen-bond acceptors (Lipinski definition) is 6. The lowest BCUT2D eigenvalue weighted by atomic mass is 10.3.